The molecule has 1 amide bonds. The Morgan fingerprint density at radius 3 is 2.58 bits per heavy atom. The van der Waals surface area contributed by atoms with Crippen molar-refractivity contribution in [2.75, 3.05) is 5.32 Å². The van der Waals surface area contributed by atoms with Gasteiger partial charge in [0.15, 0.2) is 0 Å². The minimum atomic E-state index is -0.705. The number of hydrogen-bond donors (Lipinski definition) is 1. The van der Waals surface area contributed by atoms with Crippen LogP contribution in [0.3, 0.4) is 0 Å². The van der Waals surface area contributed by atoms with Crippen LogP contribution in [0.2, 0.25) is 0 Å². The zero-order valence-electron chi connectivity index (χ0n) is 10.9. The number of aromatic nitrogens is 2. The lowest BCUT2D eigenvalue weighted by Crippen LogP contribution is -2.16. The van der Waals surface area contributed by atoms with Crippen LogP contribution >= 0.6 is 11.6 Å². The van der Waals surface area contributed by atoms with E-state index in [1.165, 1.54) is 0 Å². The van der Waals surface area contributed by atoms with Gasteiger partial charge in [-0.1, -0.05) is 30.3 Å². The summed E-state index contributed by atoms with van der Waals surface area (Å²) in [5.41, 5.74) is 1.43. The summed E-state index contributed by atoms with van der Waals surface area (Å²) < 4.78 is 1.78. The Balaban J connectivity index is 2.04. The highest BCUT2D eigenvalue weighted by Gasteiger charge is 2.18. The molecule has 1 aromatic heterocycles. The molecule has 1 N–H and O–H groups in total. The average molecular weight is 278 g/mol. The first-order chi connectivity index (χ1) is 9.08. The van der Waals surface area contributed by atoms with Gasteiger partial charge in [0.1, 0.15) is 5.38 Å². The number of hydrogen-bond acceptors (Lipinski definition) is 2. The summed E-state index contributed by atoms with van der Waals surface area (Å²) in [6.45, 7) is 4.04. The zero-order chi connectivity index (χ0) is 13.8. The Hall–Kier alpha value is -1.81. The molecule has 0 aliphatic carbocycles. The number of benzene rings is 1. The predicted octanol–water partition coefficient (Wildman–Crippen LogP) is 3.38. The number of amides is 1. The first kappa shape index (κ1) is 13.6. The highest BCUT2D eigenvalue weighted by molar-refractivity contribution is 6.32. The van der Waals surface area contributed by atoms with Crippen LogP contribution in [0.25, 0.3) is 0 Å². The molecule has 19 heavy (non-hydrogen) atoms. The van der Waals surface area contributed by atoms with Gasteiger partial charge in [-0.05, 0) is 19.4 Å². The van der Waals surface area contributed by atoms with E-state index in [4.69, 9.17) is 11.6 Å². The van der Waals surface area contributed by atoms with Gasteiger partial charge in [-0.2, -0.15) is 5.10 Å². The first-order valence-corrected chi connectivity index (χ1v) is 6.55. The molecule has 0 bridgehead atoms. The van der Waals surface area contributed by atoms with Crippen LogP contribution < -0.4 is 5.32 Å². The Morgan fingerprint density at radius 1 is 1.32 bits per heavy atom. The van der Waals surface area contributed by atoms with Crippen molar-refractivity contribution < 1.29 is 4.79 Å². The molecular weight excluding hydrogens is 262 g/mol. The van der Waals surface area contributed by atoms with E-state index in [-0.39, 0.29) is 11.9 Å². The SMILES string of the molecule is CC(C)n1cc(NC(=O)C(Cl)c2ccccc2)cn1. The standard InChI is InChI=1S/C14H16ClN3O/c1-10(2)18-9-12(8-16-18)17-14(19)13(15)11-6-4-3-5-7-11/h3-10,13H,1-2H3,(H,17,19). The summed E-state index contributed by atoms with van der Waals surface area (Å²) in [5, 5.41) is 6.22. The van der Waals surface area contributed by atoms with Crippen molar-refractivity contribution in [2.45, 2.75) is 25.3 Å². The summed E-state index contributed by atoms with van der Waals surface area (Å²) >= 11 is 6.14. The van der Waals surface area contributed by atoms with E-state index in [9.17, 15) is 4.79 Å². The maximum atomic E-state index is 12.0. The van der Waals surface area contributed by atoms with Gasteiger partial charge >= 0.3 is 0 Å². The third-order valence-corrected chi connectivity index (χ3v) is 3.17. The van der Waals surface area contributed by atoms with E-state index in [1.807, 2.05) is 44.2 Å². The summed E-state index contributed by atoms with van der Waals surface area (Å²) in [5.74, 6) is -0.254. The van der Waals surface area contributed by atoms with Gasteiger partial charge < -0.3 is 5.32 Å². The lowest BCUT2D eigenvalue weighted by Gasteiger charge is -2.09. The molecule has 0 radical (unpaired) electrons. The second-order valence-corrected chi connectivity index (χ2v) is 5.00. The van der Waals surface area contributed by atoms with Gasteiger partial charge in [-0.25, -0.2) is 0 Å². The summed E-state index contributed by atoms with van der Waals surface area (Å²) in [6.07, 6.45) is 3.41. The lowest BCUT2D eigenvalue weighted by molar-refractivity contribution is -0.116. The average Bonchev–Trinajstić information content (AvgIpc) is 2.87. The number of anilines is 1. The number of nitrogens with zero attached hydrogens (tertiary/aromatic N) is 2. The van der Waals surface area contributed by atoms with Crippen LogP contribution in [-0.2, 0) is 4.79 Å². The smallest absolute Gasteiger partial charge is 0.247 e. The number of nitrogens with one attached hydrogen (secondary N) is 1. The van der Waals surface area contributed by atoms with Gasteiger partial charge in [0, 0.05) is 12.2 Å². The molecular formula is C14H16ClN3O. The molecule has 0 spiro atoms. The predicted molar refractivity (Wildman–Crippen MR) is 76.3 cm³/mol. The third kappa shape index (κ3) is 3.35. The van der Waals surface area contributed by atoms with Crippen LogP contribution in [0.4, 0.5) is 5.69 Å². The molecule has 0 fully saturated rings. The van der Waals surface area contributed by atoms with Gasteiger partial charge in [0.05, 0.1) is 11.9 Å². The number of carbonyl (C=O) groups excluding carboxylic acids is 1. The fraction of sp³-hybridized carbons (Fsp3) is 0.286. The fourth-order valence-corrected chi connectivity index (χ4v) is 1.86. The Labute approximate surface area is 117 Å². The molecule has 1 atom stereocenters. The van der Waals surface area contributed by atoms with Crippen molar-refractivity contribution in [1.29, 1.82) is 0 Å². The number of rotatable bonds is 4. The Bertz CT molecular complexity index is 551. The quantitative estimate of drug-likeness (QED) is 0.871. The van der Waals surface area contributed by atoms with E-state index in [0.29, 0.717) is 5.69 Å². The molecule has 2 rings (SSSR count). The van der Waals surface area contributed by atoms with Crippen molar-refractivity contribution in [3.8, 4) is 0 Å². The number of carbonyl (C=O) groups is 1. The second-order valence-electron chi connectivity index (χ2n) is 4.57. The Kier molecular flexibility index (Phi) is 4.22. The highest BCUT2D eigenvalue weighted by Crippen LogP contribution is 2.22. The van der Waals surface area contributed by atoms with Crippen molar-refractivity contribution >= 4 is 23.2 Å². The van der Waals surface area contributed by atoms with Gasteiger partial charge in [0.25, 0.3) is 0 Å². The third-order valence-electron chi connectivity index (χ3n) is 2.72. The molecule has 0 saturated carbocycles. The molecule has 100 valence electrons. The van der Waals surface area contributed by atoms with Gasteiger partial charge in [-0.3, -0.25) is 9.48 Å². The van der Waals surface area contributed by atoms with Gasteiger partial charge in [-0.15, -0.1) is 11.6 Å². The minimum Gasteiger partial charge on any atom is -0.322 e. The van der Waals surface area contributed by atoms with Crippen LogP contribution in [-0.4, -0.2) is 15.7 Å². The van der Waals surface area contributed by atoms with E-state index < -0.39 is 5.38 Å². The minimum absolute atomic E-state index is 0.254. The largest absolute Gasteiger partial charge is 0.322 e. The summed E-state index contributed by atoms with van der Waals surface area (Å²) in [7, 11) is 0. The van der Waals surface area contributed by atoms with Gasteiger partial charge in [0.2, 0.25) is 5.91 Å². The van der Waals surface area contributed by atoms with E-state index >= 15 is 0 Å². The fourth-order valence-electron chi connectivity index (χ4n) is 1.66. The summed E-state index contributed by atoms with van der Waals surface area (Å²) in [6, 6.07) is 9.51. The second kappa shape index (κ2) is 5.89. The molecule has 0 aliphatic rings. The van der Waals surface area contributed by atoms with Crippen LogP contribution in [0.15, 0.2) is 42.7 Å². The topological polar surface area (TPSA) is 46.9 Å². The molecule has 5 heteroatoms. The lowest BCUT2D eigenvalue weighted by atomic mass is 10.1. The van der Waals surface area contributed by atoms with E-state index in [1.54, 1.807) is 17.1 Å². The number of halogens is 1. The molecule has 2 aromatic rings. The zero-order valence-corrected chi connectivity index (χ0v) is 11.6. The van der Waals surface area contributed by atoms with Crippen LogP contribution in [0.1, 0.15) is 30.8 Å². The van der Waals surface area contributed by atoms with Crippen molar-refractivity contribution in [2.24, 2.45) is 0 Å². The first-order valence-electron chi connectivity index (χ1n) is 6.12. The molecule has 0 saturated heterocycles. The van der Waals surface area contributed by atoms with Crippen molar-refractivity contribution in [1.82, 2.24) is 9.78 Å². The van der Waals surface area contributed by atoms with Crippen molar-refractivity contribution in [3.63, 3.8) is 0 Å². The summed E-state index contributed by atoms with van der Waals surface area (Å²) in [4.78, 5) is 12.0. The van der Waals surface area contributed by atoms with Crippen LogP contribution in [0.5, 0.6) is 0 Å². The van der Waals surface area contributed by atoms with E-state index in [2.05, 4.69) is 10.4 Å². The maximum Gasteiger partial charge on any atom is 0.247 e. The monoisotopic (exact) mass is 277 g/mol. The molecule has 0 aliphatic heterocycles. The maximum absolute atomic E-state index is 12.0. The normalized spacial score (nSPS) is 12.4. The van der Waals surface area contributed by atoms with Crippen LogP contribution in [0, 0.1) is 0 Å². The van der Waals surface area contributed by atoms with E-state index in [0.717, 1.165) is 5.56 Å². The van der Waals surface area contributed by atoms with Crippen molar-refractivity contribution in [3.05, 3.63) is 48.3 Å². The molecule has 4 nitrogen and oxygen atoms in total. The number of alkyl halides is 1. The molecule has 1 aromatic carbocycles. The highest BCUT2D eigenvalue weighted by atomic mass is 35.5. The molecule has 1 unspecified atom stereocenters. The molecule has 1 heterocycles. The Morgan fingerprint density at radius 2 is 2.00 bits per heavy atom.